The van der Waals surface area contributed by atoms with Crippen molar-refractivity contribution in [2.75, 3.05) is 25.9 Å². The lowest BCUT2D eigenvalue weighted by Crippen LogP contribution is -2.42. The number of rotatable bonds is 8. The number of alkyl halides is 2. The molecule has 0 aromatic carbocycles. The Morgan fingerprint density at radius 2 is 1.88 bits per heavy atom. The lowest BCUT2D eigenvalue weighted by molar-refractivity contribution is -0.0494. The minimum Gasteiger partial charge on any atom is -0.431 e. The zero-order valence-electron chi connectivity index (χ0n) is 20.2. The van der Waals surface area contributed by atoms with Crippen molar-refractivity contribution < 1.29 is 18.3 Å². The van der Waals surface area contributed by atoms with Crippen molar-refractivity contribution in [2.24, 2.45) is 11.8 Å². The van der Waals surface area contributed by atoms with Gasteiger partial charge >= 0.3 is 6.61 Å². The van der Waals surface area contributed by atoms with Gasteiger partial charge in [0.1, 0.15) is 0 Å². The summed E-state index contributed by atoms with van der Waals surface area (Å²) in [4.78, 5) is 6.73. The van der Waals surface area contributed by atoms with Gasteiger partial charge in [-0.2, -0.15) is 13.9 Å². The number of aromatic nitrogens is 3. The molecule has 3 heterocycles. The number of ether oxygens (including phenoxy) is 2. The van der Waals surface area contributed by atoms with E-state index in [1.807, 2.05) is 7.11 Å². The molecule has 1 saturated heterocycles. The summed E-state index contributed by atoms with van der Waals surface area (Å²) < 4.78 is 37.8. The number of piperidine rings is 1. The average molecular weight is 476 g/mol. The number of nitrogens with zero attached hydrogens (tertiary/aromatic N) is 4. The lowest BCUT2D eigenvalue weighted by Gasteiger charge is -2.36. The number of fused-ring (bicyclic) bond motifs is 1. The van der Waals surface area contributed by atoms with Crippen LogP contribution < -0.4 is 10.5 Å². The minimum absolute atomic E-state index is 0.0528. The number of anilines is 1. The molecule has 0 bridgehead atoms. The van der Waals surface area contributed by atoms with Gasteiger partial charge in [-0.05, 0) is 63.0 Å². The van der Waals surface area contributed by atoms with Gasteiger partial charge in [0, 0.05) is 55.7 Å². The fraction of sp³-hybridized carbons (Fsp3) is 0.680. The van der Waals surface area contributed by atoms with Crippen molar-refractivity contribution in [3.8, 4) is 17.0 Å². The molecule has 2 N–H and O–H groups in total. The summed E-state index contributed by atoms with van der Waals surface area (Å²) in [6, 6.07) is 4.56. The average Bonchev–Trinajstić information content (AvgIpc) is 3.17. The van der Waals surface area contributed by atoms with Crippen LogP contribution in [0.1, 0.15) is 63.6 Å². The van der Waals surface area contributed by atoms with Crippen molar-refractivity contribution in [1.29, 1.82) is 0 Å². The van der Waals surface area contributed by atoms with Crippen LogP contribution in [0.25, 0.3) is 11.3 Å². The minimum atomic E-state index is -2.95. The quantitative estimate of drug-likeness (QED) is 0.596. The third-order valence-corrected chi connectivity index (χ3v) is 8.25. The van der Waals surface area contributed by atoms with Crippen molar-refractivity contribution in [3.63, 3.8) is 0 Å². The second-order valence-electron chi connectivity index (χ2n) is 10.1. The molecule has 0 amide bonds. The van der Waals surface area contributed by atoms with Gasteiger partial charge in [-0.25, -0.2) is 4.98 Å². The molecule has 2 saturated carbocycles. The number of pyridine rings is 1. The fourth-order valence-electron chi connectivity index (χ4n) is 6.14. The van der Waals surface area contributed by atoms with Crippen LogP contribution in [0.2, 0.25) is 0 Å². The van der Waals surface area contributed by atoms with Crippen LogP contribution in [0.3, 0.4) is 0 Å². The van der Waals surface area contributed by atoms with Gasteiger partial charge in [-0.1, -0.05) is 6.92 Å². The Balaban J connectivity index is 1.33. The number of nitrogen functional groups attached to an aromatic ring is 1. The van der Waals surface area contributed by atoms with Crippen LogP contribution in [0, 0.1) is 11.8 Å². The molecule has 3 aliphatic rings. The lowest BCUT2D eigenvalue weighted by atomic mass is 9.99. The van der Waals surface area contributed by atoms with E-state index in [1.165, 1.54) is 24.6 Å². The van der Waals surface area contributed by atoms with Crippen LogP contribution in [-0.2, 0) is 4.74 Å². The molecule has 3 fully saturated rings. The SMILES string of the molecule is CCC(C)n1nc(-c2cnc(N)c(OC(F)F)c2)cc1C1[C@H]2CC(N3CCC(OC)CC3)C[C@@H]12. The van der Waals surface area contributed by atoms with E-state index in [-0.39, 0.29) is 17.6 Å². The number of hydrogen-bond acceptors (Lipinski definition) is 6. The van der Waals surface area contributed by atoms with Crippen molar-refractivity contribution in [1.82, 2.24) is 19.7 Å². The van der Waals surface area contributed by atoms with Crippen LogP contribution in [0.4, 0.5) is 14.6 Å². The van der Waals surface area contributed by atoms with E-state index < -0.39 is 6.61 Å². The first kappa shape index (κ1) is 23.5. The molecule has 186 valence electrons. The molecule has 9 heteroatoms. The van der Waals surface area contributed by atoms with E-state index in [0.29, 0.717) is 35.5 Å². The Morgan fingerprint density at radius 1 is 1.18 bits per heavy atom. The Bertz CT molecular complexity index is 995. The molecule has 34 heavy (non-hydrogen) atoms. The van der Waals surface area contributed by atoms with Crippen LogP contribution in [0.15, 0.2) is 18.3 Å². The third-order valence-electron chi connectivity index (χ3n) is 8.25. The van der Waals surface area contributed by atoms with E-state index in [4.69, 9.17) is 15.6 Å². The van der Waals surface area contributed by atoms with E-state index in [0.717, 1.165) is 38.0 Å². The van der Waals surface area contributed by atoms with Gasteiger partial charge in [0.15, 0.2) is 11.6 Å². The van der Waals surface area contributed by atoms with Crippen LogP contribution in [0.5, 0.6) is 5.75 Å². The number of hydrogen-bond donors (Lipinski definition) is 1. The van der Waals surface area contributed by atoms with Crippen LogP contribution in [-0.4, -0.2) is 58.6 Å². The van der Waals surface area contributed by atoms with E-state index in [1.54, 1.807) is 6.20 Å². The zero-order valence-corrected chi connectivity index (χ0v) is 20.2. The maximum atomic E-state index is 12.8. The second-order valence-corrected chi connectivity index (χ2v) is 10.1. The standard InChI is InChI=1S/C25H35F2N5O2/c1-4-14(2)32-21(12-20(30-32)15-9-22(34-25(26)27)24(28)29-13-15)23-18-10-16(11-19(18)23)31-7-5-17(33-3)6-8-31/h9,12-14,16-19,23,25H,4-8,10-11H2,1-3H3,(H2,28,29)/t14?,16?,18-,19+,23?. The third kappa shape index (κ3) is 4.40. The summed E-state index contributed by atoms with van der Waals surface area (Å²) >= 11 is 0. The Morgan fingerprint density at radius 3 is 2.50 bits per heavy atom. The Labute approximate surface area is 199 Å². The predicted octanol–water partition coefficient (Wildman–Crippen LogP) is 4.70. The normalized spacial score (nSPS) is 28.3. The van der Waals surface area contributed by atoms with E-state index in [2.05, 4.69) is 39.2 Å². The maximum Gasteiger partial charge on any atom is 0.387 e. The summed E-state index contributed by atoms with van der Waals surface area (Å²) in [5.41, 5.74) is 8.34. The van der Waals surface area contributed by atoms with Gasteiger partial charge in [0.2, 0.25) is 0 Å². The van der Waals surface area contributed by atoms with Gasteiger partial charge in [-0.3, -0.25) is 4.68 Å². The van der Waals surface area contributed by atoms with Gasteiger partial charge in [-0.15, -0.1) is 0 Å². The van der Waals surface area contributed by atoms with E-state index >= 15 is 0 Å². The highest BCUT2D eigenvalue weighted by Crippen LogP contribution is 2.64. The number of nitrogens with two attached hydrogens (primary N) is 1. The monoisotopic (exact) mass is 475 g/mol. The van der Waals surface area contributed by atoms with Crippen molar-refractivity contribution >= 4 is 5.82 Å². The van der Waals surface area contributed by atoms with Gasteiger partial charge < -0.3 is 20.1 Å². The topological polar surface area (TPSA) is 78.4 Å². The first-order valence-corrected chi connectivity index (χ1v) is 12.5. The van der Waals surface area contributed by atoms with Crippen LogP contribution >= 0.6 is 0 Å². The zero-order chi connectivity index (χ0) is 24.0. The molecule has 2 aromatic rings. The van der Waals surface area contributed by atoms with Gasteiger partial charge in [0.25, 0.3) is 0 Å². The molecule has 5 rings (SSSR count). The molecule has 0 radical (unpaired) electrons. The Kier molecular flexibility index (Phi) is 6.50. The highest BCUT2D eigenvalue weighted by Gasteiger charge is 2.58. The molecule has 2 aliphatic carbocycles. The van der Waals surface area contributed by atoms with Gasteiger partial charge in [0.05, 0.1) is 11.8 Å². The Hall–Kier alpha value is -2.26. The maximum absolute atomic E-state index is 12.8. The first-order chi connectivity index (χ1) is 16.4. The molecular formula is C25H35F2N5O2. The molecule has 7 nitrogen and oxygen atoms in total. The summed E-state index contributed by atoms with van der Waals surface area (Å²) in [7, 11) is 1.82. The second kappa shape index (κ2) is 9.41. The highest BCUT2D eigenvalue weighted by molar-refractivity contribution is 5.64. The number of likely N-dealkylation sites (tertiary alicyclic amines) is 1. The predicted molar refractivity (Wildman–Crippen MR) is 126 cm³/mol. The molecule has 5 atom stereocenters. The first-order valence-electron chi connectivity index (χ1n) is 12.5. The summed E-state index contributed by atoms with van der Waals surface area (Å²) in [6.07, 6.45) is 7.69. The molecule has 0 spiro atoms. The number of halogens is 2. The fourth-order valence-corrected chi connectivity index (χ4v) is 6.14. The smallest absolute Gasteiger partial charge is 0.387 e. The molecule has 2 aromatic heterocycles. The summed E-state index contributed by atoms with van der Waals surface area (Å²) in [5.74, 6) is 1.74. The van der Waals surface area contributed by atoms with Crippen molar-refractivity contribution in [2.45, 2.75) is 76.7 Å². The molecule has 3 unspecified atom stereocenters. The molecule has 1 aliphatic heterocycles. The van der Waals surface area contributed by atoms with Crippen molar-refractivity contribution in [3.05, 3.63) is 24.0 Å². The molecular weight excluding hydrogens is 440 g/mol. The number of methoxy groups -OCH3 is 1. The highest BCUT2D eigenvalue weighted by atomic mass is 19.3. The van der Waals surface area contributed by atoms with E-state index in [9.17, 15) is 8.78 Å². The summed E-state index contributed by atoms with van der Waals surface area (Å²) in [6.45, 7) is 3.65. The largest absolute Gasteiger partial charge is 0.431 e. The summed E-state index contributed by atoms with van der Waals surface area (Å²) in [5, 5.41) is 4.88.